The van der Waals surface area contributed by atoms with Crippen LogP contribution in [0.2, 0.25) is 0 Å². The van der Waals surface area contributed by atoms with Gasteiger partial charge in [0.1, 0.15) is 6.61 Å². The molecule has 0 aliphatic rings. The lowest BCUT2D eigenvalue weighted by Gasteiger charge is -2.12. The van der Waals surface area contributed by atoms with Gasteiger partial charge in [0.2, 0.25) is 0 Å². The smallest absolute Gasteiger partial charge is 0.161 e. The van der Waals surface area contributed by atoms with Crippen LogP contribution in [0, 0.1) is 0 Å². The molecule has 108 valence electrons. The third-order valence-corrected chi connectivity index (χ3v) is 2.79. The second kappa shape index (κ2) is 9.64. The molecule has 19 heavy (non-hydrogen) atoms. The Bertz CT molecular complexity index is 355. The second-order valence-electron chi connectivity index (χ2n) is 4.34. The van der Waals surface area contributed by atoms with Crippen molar-refractivity contribution < 1.29 is 14.2 Å². The quantitative estimate of drug-likeness (QED) is 0.661. The van der Waals surface area contributed by atoms with Crippen LogP contribution in [0.5, 0.6) is 11.5 Å². The molecule has 4 nitrogen and oxygen atoms in total. The normalized spacial score (nSPS) is 10.5. The van der Waals surface area contributed by atoms with Crippen LogP contribution in [-0.4, -0.2) is 33.5 Å². The summed E-state index contributed by atoms with van der Waals surface area (Å²) in [4.78, 5) is 0. The molecule has 2 N–H and O–H groups in total. The highest BCUT2D eigenvalue weighted by atomic mass is 16.5. The van der Waals surface area contributed by atoms with E-state index in [0.29, 0.717) is 19.8 Å². The number of methoxy groups -OCH3 is 1. The zero-order valence-corrected chi connectivity index (χ0v) is 12.0. The fourth-order valence-corrected chi connectivity index (χ4v) is 1.72. The maximum Gasteiger partial charge on any atom is 0.161 e. The molecule has 0 radical (unpaired) electrons. The minimum absolute atomic E-state index is 0.534. The Hall–Kier alpha value is -1.26. The summed E-state index contributed by atoms with van der Waals surface area (Å²) >= 11 is 0. The minimum Gasteiger partial charge on any atom is -0.493 e. The average molecular weight is 267 g/mol. The van der Waals surface area contributed by atoms with Gasteiger partial charge in [-0.05, 0) is 37.1 Å². The molecule has 4 heteroatoms. The lowest BCUT2D eigenvalue weighted by molar-refractivity contribution is 0.0970. The molecule has 0 heterocycles. The fourth-order valence-electron chi connectivity index (χ4n) is 1.72. The van der Waals surface area contributed by atoms with E-state index in [9.17, 15) is 0 Å². The molecular weight excluding hydrogens is 242 g/mol. The summed E-state index contributed by atoms with van der Waals surface area (Å²) in [6.07, 6.45) is 3.08. The first kappa shape index (κ1) is 15.8. The third kappa shape index (κ3) is 5.94. The largest absolute Gasteiger partial charge is 0.493 e. The van der Waals surface area contributed by atoms with Gasteiger partial charge in [0.25, 0.3) is 0 Å². The Morgan fingerprint density at radius 1 is 1.11 bits per heavy atom. The number of hydrogen-bond donors (Lipinski definition) is 1. The zero-order chi connectivity index (χ0) is 13.9. The lowest BCUT2D eigenvalue weighted by atomic mass is 10.1. The molecule has 0 saturated carbocycles. The van der Waals surface area contributed by atoms with Crippen LogP contribution in [0.25, 0.3) is 0 Å². The van der Waals surface area contributed by atoms with Gasteiger partial charge in [0.15, 0.2) is 11.5 Å². The zero-order valence-electron chi connectivity index (χ0n) is 12.0. The highest BCUT2D eigenvalue weighted by Crippen LogP contribution is 2.28. The van der Waals surface area contributed by atoms with Gasteiger partial charge in [-0.2, -0.15) is 0 Å². The van der Waals surface area contributed by atoms with Gasteiger partial charge in [-0.25, -0.2) is 0 Å². The second-order valence-corrected chi connectivity index (χ2v) is 4.34. The van der Waals surface area contributed by atoms with Crippen molar-refractivity contribution in [1.29, 1.82) is 0 Å². The molecule has 1 rings (SSSR count). The summed E-state index contributed by atoms with van der Waals surface area (Å²) in [6.45, 7) is 4.71. The number of nitrogens with two attached hydrogens (primary N) is 1. The van der Waals surface area contributed by atoms with Crippen molar-refractivity contribution >= 4 is 0 Å². The summed E-state index contributed by atoms with van der Waals surface area (Å²) in [5.41, 5.74) is 6.71. The minimum atomic E-state index is 0.534. The van der Waals surface area contributed by atoms with E-state index in [4.69, 9.17) is 19.9 Å². The molecule has 0 atom stereocenters. The first-order valence-corrected chi connectivity index (χ1v) is 6.89. The van der Waals surface area contributed by atoms with E-state index in [1.807, 2.05) is 18.2 Å². The topological polar surface area (TPSA) is 53.7 Å². The number of rotatable bonds is 10. The molecule has 1 aromatic rings. The Labute approximate surface area is 115 Å². The summed E-state index contributed by atoms with van der Waals surface area (Å²) < 4.78 is 16.4. The van der Waals surface area contributed by atoms with Crippen LogP contribution in [0.15, 0.2) is 18.2 Å². The van der Waals surface area contributed by atoms with Gasteiger partial charge in [-0.1, -0.05) is 19.4 Å². The standard InChI is InChI=1S/C15H25NO3/c1-3-4-9-18-10-11-19-15-12-13(7-8-16)5-6-14(15)17-2/h5-6,12H,3-4,7-11,16H2,1-2H3. The van der Waals surface area contributed by atoms with Gasteiger partial charge in [0.05, 0.1) is 13.7 Å². The molecule has 0 saturated heterocycles. The molecule has 0 fully saturated rings. The van der Waals surface area contributed by atoms with E-state index in [1.54, 1.807) is 7.11 Å². The first-order valence-electron chi connectivity index (χ1n) is 6.89. The first-order chi connectivity index (χ1) is 9.31. The Morgan fingerprint density at radius 2 is 1.95 bits per heavy atom. The Balaban J connectivity index is 2.43. The summed E-state index contributed by atoms with van der Waals surface area (Å²) in [6, 6.07) is 5.91. The fraction of sp³-hybridized carbons (Fsp3) is 0.600. The van der Waals surface area contributed by atoms with Crippen LogP contribution in [0.1, 0.15) is 25.3 Å². The van der Waals surface area contributed by atoms with Gasteiger partial charge in [0, 0.05) is 6.61 Å². The van der Waals surface area contributed by atoms with Crippen LogP contribution in [0.3, 0.4) is 0 Å². The molecule has 0 aliphatic heterocycles. The van der Waals surface area contributed by atoms with Crippen molar-refractivity contribution in [2.24, 2.45) is 5.73 Å². The molecule has 0 spiro atoms. The molecule has 0 aromatic heterocycles. The highest BCUT2D eigenvalue weighted by molar-refractivity contribution is 5.43. The van der Waals surface area contributed by atoms with Crippen molar-refractivity contribution in [2.45, 2.75) is 26.2 Å². The monoisotopic (exact) mass is 267 g/mol. The summed E-state index contributed by atoms with van der Waals surface area (Å²) in [5.74, 6) is 1.50. The Kier molecular flexibility index (Phi) is 8.02. The van der Waals surface area contributed by atoms with E-state index < -0.39 is 0 Å². The van der Waals surface area contributed by atoms with Crippen LogP contribution in [0.4, 0.5) is 0 Å². The van der Waals surface area contributed by atoms with Gasteiger partial charge in [-0.15, -0.1) is 0 Å². The van der Waals surface area contributed by atoms with Crippen molar-refractivity contribution in [3.8, 4) is 11.5 Å². The van der Waals surface area contributed by atoms with E-state index in [1.165, 1.54) is 0 Å². The van der Waals surface area contributed by atoms with Gasteiger partial charge >= 0.3 is 0 Å². The summed E-state index contributed by atoms with van der Waals surface area (Å²) in [5, 5.41) is 0. The maximum absolute atomic E-state index is 5.70. The molecular formula is C15H25NO3. The maximum atomic E-state index is 5.70. The number of unbranched alkanes of at least 4 members (excludes halogenated alkanes) is 1. The van der Waals surface area contributed by atoms with E-state index in [2.05, 4.69) is 6.92 Å². The number of hydrogen-bond acceptors (Lipinski definition) is 4. The Morgan fingerprint density at radius 3 is 2.63 bits per heavy atom. The van der Waals surface area contributed by atoms with Crippen LogP contribution >= 0.6 is 0 Å². The molecule has 1 aromatic carbocycles. The van der Waals surface area contributed by atoms with Crippen LogP contribution < -0.4 is 15.2 Å². The predicted octanol–water partition coefficient (Wildman–Crippen LogP) is 2.39. The van der Waals surface area contributed by atoms with Crippen molar-refractivity contribution in [3.63, 3.8) is 0 Å². The molecule has 0 aliphatic carbocycles. The SMILES string of the molecule is CCCCOCCOc1cc(CCN)ccc1OC. The van der Waals surface area contributed by atoms with E-state index >= 15 is 0 Å². The highest BCUT2D eigenvalue weighted by Gasteiger charge is 2.05. The van der Waals surface area contributed by atoms with Crippen LogP contribution in [-0.2, 0) is 11.2 Å². The van der Waals surface area contributed by atoms with Crippen molar-refractivity contribution in [1.82, 2.24) is 0 Å². The predicted molar refractivity (Wildman–Crippen MR) is 77.0 cm³/mol. The molecule has 0 unspecified atom stereocenters. The van der Waals surface area contributed by atoms with E-state index in [-0.39, 0.29) is 0 Å². The van der Waals surface area contributed by atoms with Gasteiger partial charge < -0.3 is 19.9 Å². The van der Waals surface area contributed by atoms with Crippen molar-refractivity contribution in [2.75, 3.05) is 33.5 Å². The van der Waals surface area contributed by atoms with Gasteiger partial charge in [-0.3, -0.25) is 0 Å². The number of ether oxygens (including phenoxy) is 3. The average Bonchev–Trinajstić information content (AvgIpc) is 2.43. The summed E-state index contributed by atoms with van der Waals surface area (Å²) in [7, 11) is 1.64. The lowest BCUT2D eigenvalue weighted by Crippen LogP contribution is -2.09. The van der Waals surface area contributed by atoms with Crippen molar-refractivity contribution in [3.05, 3.63) is 23.8 Å². The molecule has 0 amide bonds. The molecule has 0 bridgehead atoms. The van der Waals surface area contributed by atoms with E-state index in [0.717, 1.165) is 42.9 Å². The number of benzene rings is 1. The third-order valence-electron chi connectivity index (χ3n) is 2.79.